The van der Waals surface area contributed by atoms with Crippen molar-refractivity contribution < 1.29 is 9.59 Å². The number of hydrogen-bond acceptors (Lipinski definition) is 3. The third kappa shape index (κ3) is 4.84. The molecule has 0 radical (unpaired) electrons. The van der Waals surface area contributed by atoms with Crippen molar-refractivity contribution in [2.24, 2.45) is 0 Å². The lowest BCUT2D eigenvalue weighted by atomic mass is 10.2. The summed E-state index contributed by atoms with van der Waals surface area (Å²) in [5.74, 6) is -0.0347. The normalized spacial score (nSPS) is 10.1. The van der Waals surface area contributed by atoms with E-state index in [1.807, 2.05) is 30.3 Å². The van der Waals surface area contributed by atoms with E-state index < -0.39 is 0 Å². The van der Waals surface area contributed by atoms with Crippen molar-refractivity contribution in [3.63, 3.8) is 0 Å². The van der Waals surface area contributed by atoms with Crippen molar-refractivity contribution in [2.45, 2.75) is 6.54 Å². The van der Waals surface area contributed by atoms with Gasteiger partial charge in [-0.05, 0) is 29.8 Å². The number of likely N-dealkylation sites (N-methyl/N-ethyl adjacent to an activating group) is 1. The van der Waals surface area contributed by atoms with Gasteiger partial charge >= 0.3 is 0 Å². The van der Waals surface area contributed by atoms with Crippen LogP contribution in [0.1, 0.15) is 15.9 Å². The molecule has 0 aromatic heterocycles. The molecule has 0 saturated carbocycles. The van der Waals surface area contributed by atoms with E-state index in [0.29, 0.717) is 12.1 Å². The van der Waals surface area contributed by atoms with Gasteiger partial charge in [0.05, 0.1) is 6.54 Å². The quantitative estimate of drug-likeness (QED) is 0.887. The number of benzene rings is 2. The van der Waals surface area contributed by atoms with Crippen LogP contribution >= 0.6 is 0 Å². The molecule has 5 heteroatoms. The monoisotopic (exact) mass is 325 g/mol. The average molecular weight is 325 g/mol. The number of nitrogens with zero attached hydrogens (tertiary/aromatic N) is 2. The lowest BCUT2D eigenvalue weighted by Crippen LogP contribution is -2.31. The second-order valence-electron chi connectivity index (χ2n) is 5.87. The van der Waals surface area contributed by atoms with Crippen molar-refractivity contribution >= 4 is 17.5 Å². The third-order valence-corrected chi connectivity index (χ3v) is 3.67. The highest BCUT2D eigenvalue weighted by atomic mass is 16.2. The number of amides is 2. The van der Waals surface area contributed by atoms with Gasteiger partial charge in [0, 0.05) is 38.9 Å². The van der Waals surface area contributed by atoms with Crippen LogP contribution < -0.4 is 5.32 Å². The molecular formula is C19H23N3O2. The van der Waals surface area contributed by atoms with Crippen LogP contribution in [0.15, 0.2) is 54.6 Å². The number of anilines is 1. The molecule has 0 aliphatic carbocycles. The van der Waals surface area contributed by atoms with E-state index in [1.54, 1.807) is 50.3 Å². The maximum atomic E-state index is 12.2. The van der Waals surface area contributed by atoms with Gasteiger partial charge in [-0.3, -0.25) is 9.59 Å². The SMILES string of the molecule is CN(C)C(=O)c1ccc(NCC(=O)N(C)Cc2ccccc2)cc1. The summed E-state index contributed by atoms with van der Waals surface area (Å²) < 4.78 is 0. The average Bonchev–Trinajstić information content (AvgIpc) is 2.60. The fourth-order valence-electron chi connectivity index (χ4n) is 2.25. The Bertz CT molecular complexity index is 682. The maximum absolute atomic E-state index is 12.2. The first-order valence-electron chi connectivity index (χ1n) is 7.81. The first-order chi connectivity index (χ1) is 11.5. The summed E-state index contributed by atoms with van der Waals surface area (Å²) >= 11 is 0. The zero-order valence-corrected chi connectivity index (χ0v) is 14.3. The van der Waals surface area contributed by atoms with E-state index in [0.717, 1.165) is 11.3 Å². The Labute approximate surface area is 142 Å². The number of rotatable bonds is 6. The first-order valence-corrected chi connectivity index (χ1v) is 7.81. The summed E-state index contributed by atoms with van der Waals surface area (Å²) in [6.45, 7) is 0.794. The van der Waals surface area contributed by atoms with Gasteiger partial charge < -0.3 is 15.1 Å². The van der Waals surface area contributed by atoms with Gasteiger partial charge in [0.25, 0.3) is 5.91 Å². The Morgan fingerprint density at radius 1 is 0.917 bits per heavy atom. The van der Waals surface area contributed by atoms with E-state index in [2.05, 4.69) is 5.32 Å². The van der Waals surface area contributed by atoms with Crippen LogP contribution in [-0.4, -0.2) is 49.3 Å². The Balaban J connectivity index is 1.86. The van der Waals surface area contributed by atoms with Crippen molar-refractivity contribution in [1.29, 1.82) is 0 Å². The molecule has 2 aromatic rings. The highest BCUT2D eigenvalue weighted by molar-refractivity contribution is 5.94. The molecule has 1 N–H and O–H groups in total. The second-order valence-corrected chi connectivity index (χ2v) is 5.87. The van der Waals surface area contributed by atoms with Gasteiger partial charge in [-0.25, -0.2) is 0 Å². The smallest absolute Gasteiger partial charge is 0.253 e. The van der Waals surface area contributed by atoms with Crippen LogP contribution in [-0.2, 0) is 11.3 Å². The highest BCUT2D eigenvalue weighted by Gasteiger charge is 2.10. The molecule has 0 unspecified atom stereocenters. The molecule has 126 valence electrons. The van der Waals surface area contributed by atoms with Crippen LogP contribution in [0, 0.1) is 0 Å². The van der Waals surface area contributed by atoms with E-state index in [4.69, 9.17) is 0 Å². The predicted molar refractivity (Wildman–Crippen MR) is 95.9 cm³/mol. The number of carbonyl (C=O) groups is 2. The zero-order valence-electron chi connectivity index (χ0n) is 14.3. The largest absolute Gasteiger partial charge is 0.376 e. The molecule has 2 aromatic carbocycles. The molecule has 0 saturated heterocycles. The molecule has 0 aliphatic rings. The van der Waals surface area contributed by atoms with E-state index in [1.165, 1.54) is 4.90 Å². The van der Waals surface area contributed by atoms with E-state index >= 15 is 0 Å². The van der Waals surface area contributed by atoms with Crippen molar-refractivity contribution in [3.05, 3.63) is 65.7 Å². The third-order valence-electron chi connectivity index (χ3n) is 3.67. The van der Waals surface area contributed by atoms with Crippen LogP contribution in [0.5, 0.6) is 0 Å². The van der Waals surface area contributed by atoms with Gasteiger partial charge in [0.1, 0.15) is 0 Å². The van der Waals surface area contributed by atoms with Gasteiger partial charge in [-0.2, -0.15) is 0 Å². The van der Waals surface area contributed by atoms with Gasteiger partial charge in [0.15, 0.2) is 0 Å². The summed E-state index contributed by atoms with van der Waals surface area (Å²) in [5, 5.41) is 3.09. The first kappa shape index (κ1) is 17.5. The molecule has 0 atom stereocenters. The minimum absolute atomic E-state index is 0.00676. The van der Waals surface area contributed by atoms with Crippen molar-refractivity contribution in [2.75, 3.05) is 33.0 Å². The Morgan fingerprint density at radius 3 is 2.12 bits per heavy atom. The van der Waals surface area contributed by atoms with Crippen molar-refractivity contribution in [1.82, 2.24) is 9.80 Å². The lowest BCUT2D eigenvalue weighted by Gasteiger charge is -2.18. The molecule has 5 nitrogen and oxygen atoms in total. The summed E-state index contributed by atoms with van der Waals surface area (Å²) in [5.41, 5.74) is 2.53. The highest BCUT2D eigenvalue weighted by Crippen LogP contribution is 2.11. The molecule has 0 fully saturated rings. The van der Waals surface area contributed by atoms with Gasteiger partial charge in [-0.15, -0.1) is 0 Å². The number of hydrogen-bond donors (Lipinski definition) is 1. The summed E-state index contributed by atoms with van der Waals surface area (Å²) in [7, 11) is 5.22. The maximum Gasteiger partial charge on any atom is 0.253 e. The van der Waals surface area contributed by atoms with Crippen LogP contribution in [0.25, 0.3) is 0 Å². The molecule has 24 heavy (non-hydrogen) atoms. The molecule has 2 rings (SSSR count). The summed E-state index contributed by atoms with van der Waals surface area (Å²) in [6, 6.07) is 17.0. The molecule has 0 aliphatic heterocycles. The molecule has 0 heterocycles. The standard InChI is InChI=1S/C19H23N3O2/c1-21(2)19(24)16-9-11-17(12-10-16)20-13-18(23)22(3)14-15-7-5-4-6-8-15/h4-12,20H,13-14H2,1-3H3. The fraction of sp³-hybridized carbons (Fsp3) is 0.263. The molecule has 0 bridgehead atoms. The molecular weight excluding hydrogens is 302 g/mol. The van der Waals surface area contributed by atoms with Crippen LogP contribution in [0.3, 0.4) is 0 Å². The molecule has 0 spiro atoms. The fourth-order valence-corrected chi connectivity index (χ4v) is 2.25. The topological polar surface area (TPSA) is 52.7 Å². The van der Waals surface area contributed by atoms with Gasteiger partial charge in [-0.1, -0.05) is 30.3 Å². The minimum Gasteiger partial charge on any atom is -0.376 e. The summed E-state index contributed by atoms with van der Waals surface area (Å²) in [6.07, 6.45) is 0. The van der Waals surface area contributed by atoms with E-state index in [9.17, 15) is 9.59 Å². The Kier molecular flexibility index (Phi) is 5.95. The minimum atomic E-state index is -0.0415. The number of carbonyl (C=O) groups excluding carboxylic acids is 2. The van der Waals surface area contributed by atoms with Gasteiger partial charge in [0.2, 0.25) is 5.91 Å². The van der Waals surface area contributed by atoms with E-state index in [-0.39, 0.29) is 18.4 Å². The lowest BCUT2D eigenvalue weighted by molar-refractivity contribution is -0.128. The van der Waals surface area contributed by atoms with Crippen molar-refractivity contribution in [3.8, 4) is 0 Å². The molecule has 2 amide bonds. The van der Waals surface area contributed by atoms with Crippen LogP contribution in [0.4, 0.5) is 5.69 Å². The number of nitrogens with one attached hydrogen (secondary N) is 1. The summed E-state index contributed by atoms with van der Waals surface area (Å²) in [4.78, 5) is 27.2. The zero-order chi connectivity index (χ0) is 17.5. The second kappa shape index (κ2) is 8.15. The van der Waals surface area contributed by atoms with Crippen LogP contribution in [0.2, 0.25) is 0 Å². The predicted octanol–water partition coefficient (Wildman–Crippen LogP) is 2.46. The Hall–Kier alpha value is -2.82. The Morgan fingerprint density at radius 2 is 1.54 bits per heavy atom.